The molecule has 8 heteroatoms. The minimum Gasteiger partial charge on any atom is -0.481 e. The Morgan fingerprint density at radius 2 is 2.07 bits per heavy atom. The Kier molecular flexibility index (Phi) is 6.99. The molecular weight excluding hydrogens is 371 g/mol. The summed E-state index contributed by atoms with van der Waals surface area (Å²) >= 11 is 0. The molecule has 1 aromatic heterocycles. The van der Waals surface area contributed by atoms with Crippen molar-refractivity contribution in [1.29, 1.82) is 5.26 Å². The van der Waals surface area contributed by atoms with Crippen molar-refractivity contribution in [3.63, 3.8) is 0 Å². The third-order valence-corrected chi connectivity index (χ3v) is 3.86. The highest BCUT2D eigenvalue weighted by atomic mass is 19.4. The molecule has 2 aromatic rings. The van der Waals surface area contributed by atoms with Gasteiger partial charge in [-0.05, 0) is 42.2 Å². The standard InChI is InChI=1S/C20H20F3N3O2/c1-13(2)8-18(19(27)26-12-14-4-3-7-25-11-14)28-16-6-5-15(10-24)17(9-16)20(21,22)23/h3-7,9,11,13,18H,8,12H2,1-2H3,(H,26,27). The number of aromatic nitrogens is 1. The van der Waals surface area contributed by atoms with Crippen LogP contribution in [0.15, 0.2) is 42.7 Å². The van der Waals surface area contributed by atoms with Crippen molar-refractivity contribution in [1.82, 2.24) is 10.3 Å². The van der Waals surface area contributed by atoms with E-state index in [0.29, 0.717) is 6.42 Å². The lowest BCUT2D eigenvalue weighted by Gasteiger charge is -2.21. The number of rotatable bonds is 7. The summed E-state index contributed by atoms with van der Waals surface area (Å²) in [5.41, 5.74) is -0.801. The summed E-state index contributed by atoms with van der Waals surface area (Å²) in [6.45, 7) is 3.99. The van der Waals surface area contributed by atoms with Crippen molar-refractivity contribution in [2.75, 3.05) is 0 Å². The van der Waals surface area contributed by atoms with Crippen LogP contribution in [0.1, 0.15) is 37.0 Å². The second kappa shape index (κ2) is 9.22. The number of halogens is 3. The van der Waals surface area contributed by atoms with Crippen molar-refractivity contribution in [3.8, 4) is 11.8 Å². The molecule has 0 aliphatic carbocycles. The fraction of sp³-hybridized carbons (Fsp3) is 0.350. The lowest BCUT2D eigenvalue weighted by Crippen LogP contribution is -2.39. The van der Waals surface area contributed by atoms with Gasteiger partial charge in [0.1, 0.15) is 5.75 Å². The van der Waals surface area contributed by atoms with E-state index >= 15 is 0 Å². The zero-order valence-electron chi connectivity index (χ0n) is 15.5. The SMILES string of the molecule is CC(C)CC(Oc1ccc(C#N)c(C(F)(F)F)c1)C(=O)NCc1cccnc1. The van der Waals surface area contributed by atoms with Gasteiger partial charge in [-0.15, -0.1) is 0 Å². The Balaban J connectivity index is 2.17. The van der Waals surface area contributed by atoms with Gasteiger partial charge in [-0.3, -0.25) is 9.78 Å². The van der Waals surface area contributed by atoms with E-state index in [4.69, 9.17) is 10.00 Å². The molecule has 0 aliphatic heterocycles. The van der Waals surface area contributed by atoms with Gasteiger partial charge in [-0.2, -0.15) is 18.4 Å². The topological polar surface area (TPSA) is 75.0 Å². The van der Waals surface area contributed by atoms with Crippen LogP contribution in [-0.4, -0.2) is 17.0 Å². The van der Waals surface area contributed by atoms with Gasteiger partial charge in [0.25, 0.3) is 5.91 Å². The molecule has 1 heterocycles. The highest BCUT2D eigenvalue weighted by Crippen LogP contribution is 2.34. The van der Waals surface area contributed by atoms with E-state index in [9.17, 15) is 18.0 Å². The molecule has 1 N–H and O–H groups in total. The van der Waals surface area contributed by atoms with Gasteiger partial charge in [0.05, 0.1) is 17.2 Å². The maximum Gasteiger partial charge on any atom is 0.417 e. The van der Waals surface area contributed by atoms with Crippen LogP contribution < -0.4 is 10.1 Å². The average Bonchev–Trinajstić information content (AvgIpc) is 2.65. The van der Waals surface area contributed by atoms with E-state index in [1.807, 2.05) is 13.8 Å². The highest BCUT2D eigenvalue weighted by molar-refractivity contribution is 5.81. The molecule has 0 aliphatic rings. The van der Waals surface area contributed by atoms with Crippen LogP contribution in [0.3, 0.4) is 0 Å². The van der Waals surface area contributed by atoms with Gasteiger partial charge in [0, 0.05) is 18.9 Å². The van der Waals surface area contributed by atoms with Crippen molar-refractivity contribution in [2.24, 2.45) is 5.92 Å². The molecule has 1 unspecified atom stereocenters. The van der Waals surface area contributed by atoms with Gasteiger partial charge < -0.3 is 10.1 Å². The number of hydrogen-bond donors (Lipinski definition) is 1. The second-order valence-corrected chi connectivity index (χ2v) is 6.63. The maximum atomic E-state index is 13.1. The van der Waals surface area contributed by atoms with Gasteiger partial charge in [0.2, 0.25) is 0 Å². The Hall–Kier alpha value is -3.08. The molecule has 1 amide bonds. The molecule has 0 fully saturated rings. The number of nitrogens with one attached hydrogen (secondary N) is 1. The minimum atomic E-state index is -4.69. The predicted molar refractivity (Wildman–Crippen MR) is 96.1 cm³/mol. The molecule has 28 heavy (non-hydrogen) atoms. The van der Waals surface area contributed by atoms with Crippen molar-refractivity contribution < 1.29 is 22.7 Å². The molecule has 0 radical (unpaired) electrons. The molecule has 148 valence electrons. The summed E-state index contributed by atoms with van der Waals surface area (Å²) in [5.74, 6) is -0.474. The molecule has 0 spiro atoms. The quantitative estimate of drug-likeness (QED) is 0.772. The number of benzene rings is 1. The summed E-state index contributed by atoms with van der Waals surface area (Å²) in [6, 6.07) is 8.09. The zero-order valence-corrected chi connectivity index (χ0v) is 15.5. The zero-order chi connectivity index (χ0) is 20.7. The molecule has 2 rings (SSSR count). The van der Waals surface area contributed by atoms with Crippen LogP contribution in [0, 0.1) is 17.2 Å². The normalized spacial score (nSPS) is 12.3. The third-order valence-electron chi connectivity index (χ3n) is 3.86. The lowest BCUT2D eigenvalue weighted by molar-refractivity contribution is -0.137. The van der Waals surface area contributed by atoms with Crippen LogP contribution in [0.2, 0.25) is 0 Å². The van der Waals surface area contributed by atoms with Crippen LogP contribution >= 0.6 is 0 Å². The maximum absolute atomic E-state index is 13.1. The number of alkyl halides is 3. The number of nitriles is 1. The number of carbonyl (C=O) groups is 1. The van der Waals surface area contributed by atoms with E-state index in [1.54, 1.807) is 24.5 Å². The van der Waals surface area contributed by atoms with Crippen molar-refractivity contribution in [2.45, 2.75) is 39.1 Å². The minimum absolute atomic E-state index is 0.0783. The van der Waals surface area contributed by atoms with E-state index in [2.05, 4.69) is 10.3 Å². The van der Waals surface area contributed by atoms with Gasteiger partial charge in [-0.1, -0.05) is 19.9 Å². The van der Waals surface area contributed by atoms with Gasteiger partial charge >= 0.3 is 6.18 Å². The van der Waals surface area contributed by atoms with E-state index in [1.165, 1.54) is 12.1 Å². The fourth-order valence-electron chi connectivity index (χ4n) is 2.54. The summed E-state index contributed by atoms with van der Waals surface area (Å²) in [6.07, 6.45) is -2.12. The van der Waals surface area contributed by atoms with Crippen LogP contribution in [0.25, 0.3) is 0 Å². The Bertz CT molecular complexity index is 846. The monoisotopic (exact) mass is 391 g/mol. The second-order valence-electron chi connectivity index (χ2n) is 6.63. The van der Waals surface area contributed by atoms with Gasteiger partial charge in [-0.25, -0.2) is 0 Å². The first-order valence-corrected chi connectivity index (χ1v) is 8.65. The fourth-order valence-corrected chi connectivity index (χ4v) is 2.54. The van der Waals surface area contributed by atoms with E-state index in [-0.39, 0.29) is 18.2 Å². The number of hydrogen-bond acceptors (Lipinski definition) is 4. The Morgan fingerprint density at radius 1 is 1.32 bits per heavy atom. The van der Waals surface area contributed by atoms with Crippen LogP contribution in [0.4, 0.5) is 13.2 Å². The highest BCUT2D eigenvalue weighted by Gasteiger charge is 2.34. The first-order chi connectivity index (χ1) is 13.2. The van der Waals surface area contributed by atoms with Crippen molar-refractivity contribution in [3.05, 3.63) is 59.4 Å². The molecule has 5 nitrogen and oxygen atoms in total. The summed E-state index contributed by atoms with van der Waals surface area (Å²) < 4.78 is 45.0. The first-order valence-electron chi connectivity index (χ1n) is 8.65. The molecule has 0 saturated carbocycles. The van der Waals surface area contributed by atoms with Gasteiger partial charge in [0.15, 0.2) is 6.10 Å². The smallest absolute Gasteiger partial charge is 0.417 e. The number of ether oxygens (including phenoxy) is 1. The first kappa shape index (κ1) is 21.2. The number of nitrogens with zero attached hydrogens (tertiary/aromatic N) is 2. The summed E-state index contributed by atoms with van der Waals surface area (Å²) in [5, 5.41) is 11.6. The molecular formula is C20H20F3N3O2. The molecule has 0 saturated heterocycles. The molecule has 1 aromatic carbocycles. The Labute approximate surface area is 161 Å². The molecule has 0 bridgehead atoms. The summed E-state index contributed by atoms with van der Waals surface area (Å²) in [7, 11) is 0. The number of amides is 1. The Morgan fingerprint density at radius 3 is 2.64 bits per heavy atom. The third kappa shape index (κ3) is 5.98. The number of carbonyl (C=O) groups excluding carboxylic acids is 1. The summed E-state index contributed by atoms with van der Waals surface area (Å²) in [4.78, 5) is 16.5. The largest absolute Gasteiger partial charge is 0.481 e. The van der Waals surface area contributed by atoms with Crippen molar-refractivity contribution >= 4 is 5.91 Å². The lowest BCUT2D eigenvalue weighted by atomic mass is 10.0. The van der Waals surface area contributed by atoms with Crippen LogP contribution in [0.5, 0.6) is 5.75 Å². The number of pyridine rings is 1. The molecule has 1 atom stereocenters. The predicted octanol–water partition coefficient (Wildman–Crippen LogP) is 4.08. The average molecular weight is 391 g/mol. The van der Waals surface area contributed by atoms with E-state index in [0.717, 1.165) is 17.7 Å². The van der Waals surface area contributed by atoms with E-state index < -0.39 is 29.3 Å². The van der Waals surface area contributed by atoms with Crippen LogP contribution in [-0.2, 0) is 17.5 Å².